The van der Waals surface area contributed by atoms with Crippen LogP contribution in [0.5, 0.6) is 0 Å². The Balaban J connectivity index is 1.51. The molecule has 2 aromatic rings. The van der Waals surface area contributed by atoms with Gasteiger partial charge in [0.2, 0.25) is 0 Å². The maximum Gasteiger partial charge on any atom is 0.252 e. The Morgan fingerprint density at radius 3 is 2.87 bits per heavy atom. The van der Waals surface area contributed by atoms with Crippen molar-refractivity contribution in [3.05, 3.63) is 40.5 Å². The van der Waals surface area contributed by atoms with Gasteiger partial charge in [0.15, 0.2) is 11.5 Å². The van der Waals surface area contributed by atoms with Gasteiger partial charge in [0.25, 0.3) is 5.91 Å². The number of nitrogens with one attached hydrogen (secondary N) is 1. The zero-order chi connectivity index (χ0) is 16.1. The highest BCUT2D eigenvalue weighted by molar-refractivity contribution is 7.08. The normalized spacial score (nSPS) is 15.2. The number of nitrogens with zero attached hydrogens (tertiary/aromatic N) is 4. The smallest absolute Gasteiger partial charge is 0.252 e. The molecule has 0 unspecified atom stereocenters. The van der Waals surface area contributed by atoms with Crippen LogP contribution in [0.4, 0.5) is 5.82 Å². The van der Waals surface area contributed by atoms with Gasteiger partial charge in [-0.2, -0.15) is 16.6 Å². The van der Waals surface area contributed by atoms with E-state index >= 15 is 0 Å². The van der Waals surface area contributed by atoms with Crippen LogP contribution in [0.25, 0.3) is 0 Å². The zero-order valence-corrected chi connectivity index (χ0v) is 13.4. The fourth-order valence-electron chi connectivity index (χ4n) is 2.72. The molecule has 1 amide bonds. The Hall–Kier alpha value is -2.46. The molecule has 0 spiro atoms. The van der Waals surface area contributed by atoms with Crippen molar-refractivity contribution in [2.24, 2.45) is 5.92 Å². The molecule has 3 heterocycles. The number of hydrogen-bond acceptors (Lipinski definition) is 6. The molecule has 2 aromatic heterocycles. The average molecular weight is 327 g/mol. The number of aromatic nitrogens is 2. The van der Waals surface area contributed by atoms with Crippen molar-refractivity contribution in [2.75, 3.05) is 24.5 Å². The van der Waals surface area contributed by atoms with Gasteiger partial charge in [-0.05, 0) is 30.2 Å². The molecule has 23 heavy (non-hydrogen) atoms. The summed E-state index contributed by atoms with van der Waals surface area (Å²) in [5.41, 5.74) is 1.10. The Kier molecular flexibility index (Phi) is 4.83. The highest BCUT2D eigenvalue weighted by Crippen LogP contribution is 2.23. The van der Waals surface area contributed by atoms with Gasteiger partial charge >= 0.3 is 0 Å². The van der Waals surface area contributed by atoms with Gasteiger partial charge in [-0.25, -0.2) is 9.97 Å². The molecule has 0 aromatic carbocycles. The van der Waals surface area contributed by atoms with E-state index in [9.17, 15) is 4.79 Å². The lowest BCUT2D eigenvalue weighted by molar-refractivity contribution is 0.0945. The fraction of sp³-hybridized carbons (Fsp3) is 0.375. The second-order valence-electron chi connectivity index (χ2n) is 5.49. The number of nitriles is 1. The van der Waals surface area contributed by atoms with E-state index in [1.165, 1.54) is 17.5 Å². The van der Waals surface area contributed by atoms with Crippen LogP contribution in [0.2, 0.25) is 0 Å². The van der Waals surface area contributed by atoms with E-state index in [0.29, 0.717) is 24.0 Å². The summed E-state index contributed by atoms with van der Waals surface area (Å²) in [4.78, 5) is 22.4. The van der Waals surface area contributed by atoms with Gasteiger partial charge in [-0.15, -0.1) is 0 Å². The molecule has 1 fully saturated rings. The standard InChI is InChI=1S/C16H17N5OS/c17-9-14-15(19-5-4-18-14)21-6-1-12(2-7-21)10-20-16(22)13-3-8-23-11-13/h3-5,8,11-12H,1-2,6-7,10H2,(H,20,22). The van der Waals surface area contributed by atoms with Crippen molar-refractivity contribution in [3.63, 3.8) is 0 Å². The first kappa shape index (κ1) is 15.4. The summed E-state index contributed by atoms with van der Waals surface area (Å²) in [6, 6.07) is 3.92. The fourth-order valence-corrected chi connectivity index (χ4v) is 3.36. The number of piperidine rings is 1. The van der Waals surface area contributed by atoms with Crippen molar-refractivity contribution >= 4 is 23.1 Å². The van der Waals surface area contributed by atoms with Crippen molar-refractivity contribution in [3.8, 4) is 6.07 Å². The lowest BCUT2D eigenvalue weighted by atomic mass is 9.96. The van der Waals surface area contributed by atoms with Gasteiger partial charge in [-0.3, -0.25) is 4.79 Å². The number of carbonyl (C=O) groups is 1. The highest BCUT2D eigenvalue weighted by Gasteiger charge is 2.22. The largest absolute Gasteiger partial charge is 0.354 e. The number of rotatable bonds is 4. The first-order valence-corrected chi connectivity index (χ1v) is 8.48. The predicted molar refractivity (Wildman–Crippen MR) is 88.3 cm³/mol. The van der Waals surface area contributed by atoms with Crippen molar-refractivity contribution < 1.29 is 4.79 Å². The summed E-state index contributed by atoms with van der Waals surface area (Å²) in [5, 5.41) is 15.9. The van der Waals surface area contributed by atoms with Crippen LogP contribution in [0.1, 0.15) is 28.9 Å². The van der Waals surface area contributed by atoms with Gasteiger partial charge in [0.05, 0.1) is 0 Å². The topological polar surface area (TPSA) is 81.9 Å². The van der Waals surface area contributed by atoms with Gasteiger partial charge in [0, 0.05) is 43.0 Å². The molecule has 6 nitrogen and oxygen atoms in total. The summed E-state index contributed by atoms with van der Waals surface area (Å²) in [6.45, 7) is 2.34. The van der Waals surface area contributed by atoms with Gasteiger partial charge < -0.3 is 10.2 Å². The van der Waals surface area contributed by atoms with Gasteiger partial charge in [0.1, 0.15) is 6.07 Å². The second-order valence-corrected chi connectivity index (χ2v) is 6.27. The summed E-state index contributed by atoms with van der Waals surface area (Å²) >= 11 is 1.52. The van der Waals surface area contributed by atoms with Crippen LogP contribution >= 0.6 is 11.3 Å². The number of anilines is 1. The number of hydrogen-bond donors (Lipinski definition) is 1. The van der Waals surface area contributed by atoms with Gasteiger partial charge in [-0.1, -0.05) is 0 Å². The van der Waals surface area contributed by atoms with E-state index in [1.54, 1.807) is 6.20 Å². The SMILES string of the molecule is N#Cc1nccnc1N1CCC(CNC(=O)c2ccsc2)CC1. The number of thiophene rings is 1. The quantitative estimate of drug-likeness (QED) is 0.929. The summed E-state index contributed by atoms with van der Waals surface area (Å²) in [5.74, 6) is 1.11. The molecule has 1 saturated heterocycles. The zero-order valence-electron chi connectivity index (χ0n) is 12.6. The van der Waals surface area contributed by atoms with Crippen LogP contribution in [0.15, 0.2) is 29.2 Å². The minimum absolute atomic E-state index is 0.00521. The van der Waals surface area contributed by atoms with E-state index in [0.717, 1.165) is 31.5 Å². The van der Waals surface area contributed by atoms with Crippen molar-refractivity contribution in [1.29, 1.82) is 5.26 Å². The van der Waals surface area contributed by atoms with E-state index in [4.69, 9.17) is 5.26 Å². The summed E-state index contributed by atoms with van der Waals surface area (Å²) in [6.07, 6.45) is 5.08. The summed E-state index contributed by atoms with van der Waals surface area (Å²) < 4.78 is 0. The number of amides is 1. The lowest BCUT2D eigenvalue weighted by Crippen LogP contribution is -2.39. The van der Waals surface area contributed by atoms with Crippen LogP contribution in [0.3, 0.4) is 0 Å². The summed E-state index contributed by atoms with van der Waals surface area (Å²) in [7, 11) is 0. The minimum Gasteiger partial charge on any atom is -0.354 e. The van der Waals surface area contributed by atoms with Crippen molar-refractivity contribution in [2.45, 2.75) is 12.8 Å². The molecule has 0 bridgehead atoms. The molecule has 7 heteroatoms. The third-order valence-electron chi connectivity index (χ3n) is 4.03. The predicted octanol–water partition coefficient (Wildman–Crippen LogP) is 2.06. The molecule has 0 saturated carbocycles. The Labute approximate surface area is 138 Å². The third-order valence-corrected chi connectivity index (χ3v) is 4.72. The molecule has 3 rings (SSSR count). The molecule has 0 atom stereocenters. The highest BCUT2D eigenvalue weighted by atomic mass is 32.1. The minimum atomic E-state index is -0.00521. The van der Waals surface area contributed by atoms with Crippen LogP contribution < -0.4 is 10.2 Å². The maximum atomic E-state index is 11.9. The second kappa shape index (κ2) is 7.20. The molecule has 1 aliphatic heterocycles. The average Bonchev–Trinajstić information content (AvgIpc) is 3.15. The van der Waals surface area contributed by atoms with Crippen LogP contribution in [-0.2, 0) is 0 Å². The molecule has 1 aliphatic rings. The van der Waals surface area contributed by atoms with E-state index in [-0.39, 0.29) is 5.91 Å². The number of carbonyl (C=O) groups excluding carboxylic acids is 1. The van der Waals surface area contributed by atoms with E-state index in [2.05, 4.69) is 26.3 Å². The Bertz CT molecular complexity index is 702. The van der Waals surface area contributed by atoms with E-state index in [1.807, 2.05) is 16.8 Å². The first-order valence-electron chi connectivity index (χ1n) is 7.54. The molecule has 0 radical (unpaired) electrons. The van der Waals surface area contributed by atoms with Crippen LogP contribution in [-0.4, -0.2) is 35.5 Å². The van der Waals surface area contributed by atoms with Crippen molar-refractivity contribution in [1.82, 2.24) is 15.3 Å². The lowest BCUT2D eigenvalue weighted by Gasteiger charge is -2.32. The van der Waals surface area contributed by atoms with Crippen LogP contribution in [0, 0.1) is 17.2 Å². The Morgan fingerprint density at radius 1 is 1.39 bits per heavy atom. The maximum absolute atomic E-state index is 11.9. The van der Waals surface area contributed by atoms with E-state index < -0.39 is 0 Å². The molecule has 118 valence electrons. The first-order chi connectivity index (χ1) is 11.3. The monoisotopic (exact) mass is 327 g/mol. The molecular formula is C16H17N5OS. The molecule has 1 N–H and O–H groups in total. The molecular weight excluding hydrogens is 310 g/mol. The Morgan fingerprint density at radius 2 is 2.17 bits per heavy atom. The third kappa shape index (κ3) is 3.66. The molecule has 0 aliphatic carbocycles.